The number of hydrogen-bond acceptors (Lipinski definition) is 9. The predicted molar refractivity (Wildman–Crippen MR) is 122 cm³/mol. The molecule has 0 spiro atoms. The second-order valence-corrected chi connectivity index (χ2v) is 8.54. The molecule has 0 aromatic carbocycles. The number of anilines is 3. The highest BCUT2D eigenvalue weighted by Gasteiger charge is 2.21. The second-order valence-electron chi connectivity index (χ2n) is 8.54. The number of aromatic nitrogens is 4. The van der Waals surface area contributed by atoms with Crippen molar-refractivity contribution in [1.29, 1.82) is 0 Å². The molecule has 6 heterocycles. The fourth-order valence-electron chi connectivity index (χ4n) is 4.58. The number of pyridine rings is 2. The van der Waals surface area contributed by atoms with Crippen LogP contribution in [-0.4, -0.2) is 58.1 Å². The van der Waals surface area contributed by atoms with Gasteiger partial charge in [-0.05, 0) is 37.7 Å². The summed E-state index contributed by atoms with van der Waals surface area (Å²) in [5.41, 5.74) is 8.35. The molecule has 0 radical (unpaired) electrons. The normalized spacial score (nSPS) is 17.4. The van der Waals surface area contributed by atoms with E-state index in [1.165, 1.54) is 16.8 Å². The molecule has 6 rings (SSSR count). The minimum atomic E-state index is 0.579. The first kappa shape index (κ1) is 19.4. The third-order valence-electron chi connectivity index (χ3n) is 6.20. The van der Waals surface area contributed by atoms with Gasteiger partial charge in [0.2, 0.25) is 11.8 Å². The molecule has 0 fully saturated rings. The number of nitrogens with zero attached hydrogens (tertiary/aromatic N) is 5. The van der Waals surface area contributed by atoms with E-state index in [0.717, 1.165) is 73.9 Å². The number of hydrogen-bond donors (Lipinski definition) is 3. The van der Waals surface area contributed by atoms with Gasteiger partial charge in [0.25, 0.3) is 0 Å². The molecular formula is C23H26N8O. The highest BCUT2D eigenvalue weighted by molar-refractivity contribution is 5.72. The number of fused-ring (bicyclic) bond motifs is 3. The standard InChI is InChI=1S/C23H26N8O/c1-31-6-3-18-15(13-31)8-16(11-26-18)28-23-29-20-12-24-4-2-17(20)21(30-23)14-9-19-22(27-10-14)32-7-5-25-19/h8-11,24-25H,2-7,12-13H2,1H3,(H,28,29,30). The van der Waals surface area contributed by atoms with E-state index >= 15 is 0 Å². The Kier molecular flexibility index (Phi) is 4.84. The summed E-state index contributed by atoms with van der Waals surface area (Å²) in [7, 11) is 2.14. The quantitative estimate of drug-likeness (QED) is 0.577. The average Bonchev–Trinajstić information content (AvgIpc) is 2.83. The molecule has 164 valence electrons. The average molecular weight is 431 g/mol. The second kappa shape index (κ2) is 7.99. The lowest BCUT2D eigenvalue weighted by Crippen LogP contribution is -2.27. The van der Waals surface area contributed by atoms with Gasteiger partial charge in [-0.2, -0.15) is 0 Å². The molecule has 3 N–H and O–H groups in total. The Hall–Kier alpha value is -3.30. The summed E-state index contributed by atoms with van der Waals surface area (Å²) in [5, 5.41) is 10.2. The fraction of sp³-hybridized carbons (Fsp3) is 0.391. The predicted octanol–water partition coefficient (Wildman–Crippen LogP) is 2.12. The third kappa shape index (κ3) is 3.63. The Labute approximate surface area is 186 Å². The van der Waals surface area contributed by atoms with Crippen molar-refractivity contribution < 1.29 is 4.74 Å². The fourth-order valence-corrected chi connectivity index (χ4v) is 4.58. The molecule has 3 aliphatic rings. The summed E-state index contributed by atoms with van der Waals surface area (Å²) < 4.78 is 5.64. The Morgan fingerprint density at radius 2 is 2.03 bits per heavy atom. The Balaban J connectivity index is 1.37. The van der Waals surface area contributed by atoms with Crippen molar-refractivity contribution in [3.8, 4) is 17.1 Å². The van der Waals surface area contributed by atoms with Crippen LogP contribution in [0, 0.1) is 0 Å². The molecule has 0 unspecified atom stereocenters. The van der Waals surface area contributed by atoms with E-state index in [0.29, 0.717) is 18.4 Å². The van der Waals surface area contributed by atoms with Gasteiger partial charge in [-0.1, -0.05) is 0 Å². The van der Waals surface area contributed by atoms with E-state index in [-0.39, 0.29) is 0 Å². The summed E-state index contributed by atoms with van der Waals surface area (Å²) in [6, 6.07) is 4.24. The van der Waals surface area contributed by atoms with Crippen molar-refractivity contribution in [1.82, 2.24) is 30.2 Å². The summed E-state index contributed by atoms with van der Waals surface area (Å²) in [4.78, 5) is 21.3. The van der Waals surface area contributed by atoms with Gasteiger partial charge in [0.05, 0.1) is 29.0 Å². The maximum atomic E-state index is 5.64. The van der Waals surface area contributed by atoms with Gasteiger partial charge in [0.1, 0.15) is 6.61 Å². The number of likely N-dealkylation sites (N-methyl/N-ethyl adjacent to an activating group) is 1. The van der Waals surface area contributed by atoms with Crippen LogP contribution >= 0.6 is 0 Å². The monoisotopic (exact) mass is 430 g/mol. The molecule has 9 nitrogen and oxygen atoms in total. The van der Waals surface area contributed by atoms with Crippen molar-refractivity contribution in [3.05, 3.63) is 47.0 Å². The summed E-state index contributed by atoms with van der Waals surface area (Å²) in [5.74, 6) is 1.23. The zero-order valence-electron chi connectivity index (χ0n) is 18.1. The minimum absolute atomic E-state index is 0.579. The SMILES string of the molecule is CN1CCc2ncc(Nc3nc4c(c(-c5cnc6c(c5)NCCO6)n3)CCNC4)cc2C1. The molecule has 0 saturated carbocycles. The Morgan fingerprint density at radius 1 is 1.06 bits per heavy atom. The first-order valence-corrected chi connectivity index (χ1v) is 11.1. The first-order valence-electron chi connectivity index (χ1n) is 11.1. The molecule has 0 bridgehead atoms. The van der Waals surface area contributed by atoms with Gasteiger partial charge in [-0.25, -0.2) is 15.0 Å². The smallest absolute Gasteiger partial charge is 0.237 e. The van der Waals surface area contributed by atoms with E-state index in [1.807, 2.05) is 12.4 Å². The van der Waals surface area contributed by atoms with Crippen LogP contribution in [0.5, 0.6) is 5.88 Å². The van der Waals surface area contributed by atoms with E-state index < -0.39 is 0 Å². The molecule has 3 aliphatic heterocycles. The van der Waals surface area contributed by atoms with Gasteiger partial charge in [-0.15, -0.1) is 0 Å². The zero-order chi connectivity index (χ0) is 21.5. The van der Waals surface area contributed by atoms with Gasteiger partial charge in [-0.3, -0.25) is 4.98 Å². The van der Waals surface area contributed by atoms with Crippen LogP contribution < -0.4 is 20.7 Å². The zero-order valence-corrected chi connectivity index (χ0v) is 18.1. The van der Waals surface area contributed by atoms with Crippen molar-refractivity contribution in [3.63, 3.8) is 0 Å². The Morgan fingerprint density at radius 3 is 3.00 bits per heavy atom. The van der Waals surface area contributed by atoms with Gasteiger partial charge in [0.15, 0.2) is 0 Å². The van der Waals surface area contributed by atoms with E-state index in [4.69, 9.17) is 14.7 Å². The van der Waals surface area contributed by atoms with E-state index in [9.17, 15) is 0 Å². The largest absolute Gasteiger partial charge is 0.474 e. The molecular weight excluding hydrogens is 404 g/mol. The minimum Gasteiger partial charge on any atom is -0.474 e. The van der Waals surface area contributed by atoms with Crippen LogP contribution in [0.3, 0.4) is 0 Å². The van der Waals surface area contributed by atoms with Crippen molar-refractivity contribution in [2.24, 2.45) is 0 Å². The van der Waals surface area contributed by atoms with Crippen LogP contribution in [0.2, 0.25) is 0 Å². The van der Waals surface area contributed by atoms with Crippen molar-refractivity contribution in [2.75, 3.05) is 43.9 Å². The number of ether oxygens (including phenoxy) is 1. The molecule has 32 heavy (non-hydrogen) atoms. The number of rotatable bonds is 3. The molecule has 0 saturated heterocycles. The van der Waals surface area contributed by atoms with Crippen LogP contribution in [0.1, 0.15) is 22.5 Å². The molecule has 3 aromatic heterocycles. The lowest BCUT2D eigenvalue weighted by molar-refractivity contribution is 0.310. The highest BCUT2D eigenvalue weighted by Crippen LogP contribution is 2.33. The lowest BCUT2D eigenvalue weighted by Gasteiger charge is -2.24. The maximum absolute atomic E-state index is 5.64. The van der Waals surface area contributed by atoms with Crippen LogP contribution in [0.25, 0.3) is 11.3 Å². The molecule has 0 aliphatic carbocycles. The van der Waals surface area contributed by atoms with Crippen LogP contribution in [-0.2, 0) is 25.9 Å². The maximum Gasteiger partial charge on any atom is 0.237 e. The van der Waals surface area contributed by atoms with Gasteiger partial charge in [0, 0.05) is 55.6 Å². The summed E-state index contributed by atoms with van der Waals surface area (Å²) in [6.07, 6.45) is 5.60. The van der Waals surface area contributed by atoms with Crippen LogP contribution in [0.15, 0.2) is 24.5 Å². The first-order chi connectivity index (χ1) is 15.7. The molecule has 9 heteroatoms. The highest BCUT2D eigenvalue weighted by atomic mass is 16.5. The Bertz CT molecular complexity index is 1180. The molecule has 3 aromatic rings. The van der Waals surface area contributed by atoms with Crippen molar-refractivity contribution >= 4 is 17.3 Å². The molecule has 0 atom stereocenters. The topological polar surface area (TPSA) is 100 Å². The lowest BCUT2D eigenvalue weighted by atomic mass is 10.00. The van der Waals surface area contributed by atoms with E-state index in [2.05, 4.69) is 50.0 Å². The summed E-state index contributed by atoms with van der Waals surface area (Å²) >= 11 is 0. The van der Waals surface area contributed by atoms with Crippen LogP contribution in [0.4, 0.5) is 17.3 Å². The van der Waals surface area contributed by atoms with Gasteiger partial charge < -0.3 is 25.6 Å². The van der Waals surface area contributed by atoms with Crippen molar-refractivity contribution in [2.45, 2.75) is 25.9 Å². The third-order valence-corrected chi connectivity index (χ3v) is 6.20. The number of nitrogens with one attached hydrogen (secondary N) is 3. The molecule has 0 amide bonds. The van der Waals surface area contributed by atoms with Gasteiger partial charge >= 0.3 is 0 Å². The summed E-state index contributed by atoms with van der Waals surface area (Å²) in [6.45, 7) is 5.01. The van der Waals surface area contributed by atoms with E-state index in [1.54, 1.807) is 0 Å².